The van der Waals surface area contributed by atoms with Gasteiger partial charge in [0.15, 0.2) is 0 Å². The highest BCUT2D eigenvalue weighted by atomic mass is 35.5. The molecule has 1 aromatic heterocycles. The Labute approximate surface area is 122 Å². The van der Waals surface area contributed by atoms with Crippen LogP contribution >= 0.6 is 23.8 Å². The smallest absolute Gasteiger partial charge is 0.106 e. The van der Waals surface area contributed by atoms with E-state index in [1.165, 1.54) is 0 Å². The molecular formula is C13H15ClN4S. The zero-order valence-corrected chi connectivity index (χ0v) is 11.9. The third-order valence-electron chi connectivity index (χ3n) is 2.71. The van der Waals surface area contributed by atoms with Gasteiger partial charge in [0, 0.05) is 41.8 Å². The van der Waals surface area contributed by atoms with Crippen molar-refractivity contribution in [3.63, 3.8) is 0 Å². The van der Waals surface area contributed by atoms with Crippen molar-refractivity contribution < 1.29 is 0 Å². The third-order valence-corrected chi connectivity index (χ3v) is 3.17. The summed E-state index contributed by atoms with van der Waals surface area (Å²) in [4.78, 5) is 4.37. The predicted octanol–water partition coefficient (Wildman–Crippen LogP) is 2.67. The van der Waals surface area contributed by atoms with Gasteiger partial charge in [-0.05, 0) is 24.6 Å². The van der Waals surface area contributed by atoms with Crippen LogP contribution in [0.3, 0.4) is 0 Å². The molecule has 0 saturated heterocycles. The number of nitrogens with two attached hydrogens (primary N) is 1. The number of hydrogen-bond donors (Lipinski definition) is 2. The number of aryl methyl sites for hydroxylation is 1. The Morgan fingerprint density at radius 3 is 3.00 bits per heavy atom. The number of nitrogens with zero attached hydrogens (tertiary/aromatic N) is 2. The molecule has 2 aromatic rings. The van der Waals surface area contributed by atoms with Gasteiger partial charge in [-0.1, -0.05) is 23.8 Å². The third kappa shape index (κ3) is 3.94. The number of anilines is 1. The average molecular weight is 295 g/mol. The molecule has 0 aliphatic heterocycles. The quantitative estimate of drug-likeness (QED) is 0.635. The monoisotopic (exact) mass is 294 g/mol. The van der Waals surface area contributed by atoms with Crippen LogP contribution in [0.15, 0.2) is 36.9 Å². The lowest BCUT2D eigenvalue weighted by Gasteiger charge is -2.11. The summed E-state index contributed by atoms with van der Waals surface area (Å²) in [6, 6.07) is 5.46. The summed E-state index contributed by atoms with van der Waals surface area (Å²) in [5, 5.41) is 3.98. The van der Waals surface area contributed by atoms with Gasteiger partial charge >= 0.3 is 0 Å². The molecule has 0 amide bonds. The summed E-state index contributed by atoms with van der Waals surface area (Å²) in [6.45, 7) is 1.73. The molecule has 0 spiro atoms. The first-order chi connectivity index (χ1) is 9.16. The van der Waals surface area contributed by atoms with Crippen LogP contribution in [0.1, 0.15) is 12.0 Å². The lowest BCUT2D eigenvalue weighted by Crippen LogP contribution is -2.14. The molecule has 6 heteroatoms. The lowest BCUT2D eigenvalue weighted by atomic mass is 10.1. The van der Waals surface area contributed by atoms with E-state index in [1.807, 2.05) is 22.9 Å². The topological polar surface area (TPSA) is 55.9 Å². The van der Waals surface area contributed by atoms with Crippen LogP contribution < -0.4 is 11.1 Å². The van der Waals surface area contributed by atoms with E-state index < -0.39 is 0 Å². The molecule has 1 aromatic carbocycles. The maximum Gasteiger partial charge on any atom is 0.106 e. The first-order valence-electron chi connectivity index (χ1n) is 5.96. The SMILES string of the molecule is NC(=S)c1ccc(Cl)cc1NCCCn1ccnc1. The van der Waals surface area contributed by atoms with Crippen molar-refractivity contribution in [2.24, 2.45) is 5.73 Å². The van der Waals surface area contributed by atoms with Gasteiger partial charge in [0.05, 0.1) is 6.33 Å². The van der Waals surface area contributed by atoms with Gasteiger partial charge in [-0.2, -0.15) is 0 Å². The number of nitrogens with one attached hydrogen (secondary N) is 1. The molecule has 19 heavy (non-hydrogen) atoms. The zero-order valence-electron chi connectivity index (χ0n) is 10.3. The van der Waals surface area contributed by atoms with Gasteiger partial charge in [0.2, 0.25) is 0 Å². The predicted molar refractivity (Wildman–Crippen MR) is 82.7 cm³/mol. The summed E-state index contributed by atoms with van der Waals surface area (Å²) in [7, 11) is 0. The van der Waals surface area contributed by atoms with E-state index >= 15 is 0 Å². The molecule has 0 bridgehead atoms. The van der Waals surface area contributed by atoms with Crippen LogP contribution in [-0.4, -0.2) is 21.1 Å². The highest BCUT2D eigenvalue weighted by Crippen LogP contribution is 2.21. The molecular weight excluding hydrogens is 280 g/mol. The molecule has 4 nitrogen and oxygen atoms in total. The number of thiocarbonyl (C=S) groups is 1. The minimum atomic E-state index is 0.369. The van der Waals surface area contributed by atoms with Crippen molar-refractivity contribution in [3.8, 4) is 0 Å². The van der Waals surface area contributed by atoms with Gasteiger partial charge < -0.3 is 15.6 Å². The highest BCUT2D eigenvalue weighted by molar-refractivity contribution is 7.80. The zero-order chi connectivity index (χ0) is 13.7. The largest absolute Gasteiger partial charge is 0.389 e. The molecule has 0 atom stereocenters. The van der Waals surface area contributed by atoms with Crippen LogP contribution in [0.4, 0.5) is 5.69 Å². The Morgan fingerprint density at radius 1 is 1.47 bits per heavy atom. The molecule has 0 saturated carbocycles. The minimum Gasteiger partial charge on any atom is -0.389 e. The Balaban J connectivity index is 1.91. The van der Waals surface area contributed by atoms with E-state index in [1.54, 1.807) is 18.6 Å². The lowest BCUT2D eigenvalue weighted by molar-refractivity contribution is 0.661. The van der Waals surface area contributed by atoms with Gasteiger partial charge in [-0.15, -0.1) is 0 Å². The summed E-state index contributed by atoms with van der Waals surface area (Å²) in [5.74, 6) is 0. The van der Waals surface area contributed by atoms with Crippen LogP contribution in [0, 0.1) is 0 Å². The fourth-order valence-electron chi connectivity index (χ4n) is 1.78. The first kappa shape index (κ1) is 13.8. The molecule has 0 fully saturated rings. The maximum atomic E-state index is 5.98. The van der Waals surface area contributed by atoms with Gasteiger partial charge in [-0.25, -0.2) is 4.98 Å². The number of hydrogen-bond acceptors (Lipinski definition) is 3. The summed E-state index contributed by atoms with van der Waals surface area (Å²) >= 11 is 11.0. The van der Waals surface area contributed by atoms with Crippen molar-refractivity contribution in [2.75, 3.05) is 11.9 Å². The van der Waals surface area contributed by atoms with Crippen molar-refractivity contribution in [3.05, 3.63) is 47.5 Å². The number of aromatic nitrogens is 2. The van der Waals surface area contributed by atoms with Crippen LogP contribution in [0.5, 0.6) is 0 Å². The molecule has 3 N–H and O–H groups in total. The normalized spacial score (nSPS) is 10.4. The Morgan fingerprint density at radius 2 is 2.32 bits per heavy atom. The number of benzene rings is 1. The van der Waals surface area contributed by atoms with E-state index in [0.717, 1.165) is 30.8 Å². The van der Waals surface area contributed by atoms with Gasteiger partial charge in [-0.3, -0.25) is 0 Å². The molecule has 0 aliphatic rings. The first-order valence-corrected chi connectivity index (χ1v) is 6.74. The molecule has 100 valence electrons. The van der Waals surface area contributed by atoms with E-state index in [-0.39, 0.29) is 0 Å². The molecule has 0 aliphatic carbocycles. The second-order valence-corrected chi connectivity index (χ2v) is 5.01. The summed E-state index contributed by atoms with van der Waals surface area (Å²) < 4.78 is 2.04. The Hall–Kier alpha value is -1.59. The second kappa shape index (κ2) is 6.54. The number of imidazole rings is 1. The Kier molecular flexibility index (Phi) is 4.76. The number of halogens is 1. The van der Waals surface area contributed by atoms with Crippen molar-refractivity contribution in [1.82, 2.24) is 9.55 Å². The van der Waals surface area contributed by atoms with Crippen molar-refractivity contribution >= 4 is 34.5 Å². The van der Waals surface area contributed by atoms with E-state index in [9.17, 15) is 0 Å². The minimum absolute atomic E-state index is 0.369. The van der Waals surface area contributed by atoms with E-state index in [4.69, 9.17) is 29.6 Å². The maximum absolute atomic E-state index is 5.98. The van der Waals surface area contributed by atoms with E-state index in [0.29, 0.717) is 10.0 Å². The molecule has 1 heterocycles. The van der Waals surface area contributed by atoms with Gasteiger partial charge in [0.1, 0.15) is 4.99 Å². The second-order valence-electron chi connectivity index (χ2n) is 4.13. The fraction of sp³-hybridized carbons (Fsp3) is 0.231. The van der Waals surface area contributed by atoms with Crippen LogP contribution in [0.25, 0.3) is 0 Å². The van der Waals surface area contributed by atoms with Crippen LogP contribution in [0.2, 0.25) is 5.02 Å². The summed E-state index contributed by atoms with van der Waals surface area (Å²) in [5.41, 5.74) is 7.38. The standard InChI is InChI=1S/C13H15ClN4S/c14-10-2-3-11(13(15)19)12(8-10)17-4-1-6-18-7-5-16-9-18/h2-3,5,7-9,17H,1,4,6H2,(H2,15,19). The molecule has 0 unspecified atom stereocenters. The van der Waals surface area contributed by atoms with Crippen molar-refractivity contribution in [2.45, 2.75) is 13.0 Å². The number of rotatable bonds is 6. The fourth-order valence-corrected chi connectivity index (χ4v) is 2.13. The molecule has 0 radical (unpaired) electrons. The average Bonchev–Trinajstić information content (AvgIpc) is 2.87. The highest BCUT2D eigenvalue weighted by Gasteiger charge is 2.05. The Bertz CT molecular complexity index is 554. The summed E-state index contributed by atoms with van der Waals surface area (Å²) in [6.07, 6.45) is 6.49. The van der Waals surface area contributed by atoms with Gasteiger partial charge in [0.25, 0.3) is 0 Å². The van der Waals surface area contributed by atoms with E-state index in [2.05, 4.69) is 10.3 Å². The van der Waals surface area contributed by atoms with Crippen LogP contribution in [-0.2, 0) is 6.54 Å². The van der Waals surface area contributed by atoms with Crippen molar-refractivity contribution in [1.29, 1.82) is 0 Å². The molecule has 2 rings (SSSR count).